The first-order valence-electron chi connectivity index (χ1n) is 6.20. The van der Waals surface area contributed by atoms with Crippen LogP contribution in [0.5, 0.6) is 0 Å². The van der Waals surface area contributed by atoms with E-state index < -0.39 is 11.5 Å². The lowest BCUT2D eigenvalue weighted by atomic mass is 9.98. The molecule has 0 spiro atoms. The van der Waals surface area contributed by atoms with Crippen LogP contribution in [0.1, 0.15) is 32.3 Å². The summed E-state index contributed by atoms with van der Waals surface area (Å²) in [6.07, 6.45) is 4.32. The normalized spacial score (nSPS) is 11.1. The molecule has 0 aliphatic heterocycles. The quantitative estimate of drug-likeness (QED) is 0.849. The van der Waals surface area contributed by atoms with E-state index in [1.54, 1.807) is 33.3 Å². The van der Waals surface area contributed by atoms with Crippen LogP contribution in [0.4, 0.5) is 0 Å². The summed E-state index contributed by atoms with van der Waals surface area (Å²) in [6, 6.07) is 3.75. The van der Waals surface area contributed by atoms with Crippen molar-refractivity contribution in [1.82, 2.24) is 9.88 Å². The summed E-state index contributed by atoms with van der Waals surface area (Å²) in [5.41, 5.74) is 0.318. The molecule has 0 aliphatic carbocycles. The molecule has 1 rings (SSSR count). The maximum atomic E-state index is 12.1. The van der Waals surface area contributed by atoms with Crippen LogP contribution in [0.15, 0.2) is 24.5 Å². The van der Waals surface area contributed by atoms with Crippen LogP contribution in [0.2, 0.25) is 0 Å². The number of pyridine rings is 1. The smallest absolute Gasteiger partial charge is 0.305 e. The fourth-order valence-corrected chi connectivity index (χ4v) is 1.79. The van der Waals surface area contributed by atoms with Crippen molar-refractivity contribution >= 4 is 11.9 Å². The minimum Gasteiger partial charge on any atom is -0.481 e. The highest BCUT2D eigenvalue weighted by atomic mass is 16.4. The molecule has 0 aromatic carbocycles. The predicted molar refractivity (Wildman–Crippen MR) is 71.7 cm³/mol. The molecule has 5 nitrogen and oxygen atoms in total. The average Bonchev–Trinajstić information content (AvgIpc) is 2.34. The van der Waals surface area contributed by atoms with E-state index in [1.165, 1.54) is 4.90 Å². The fraction of sp³-hybridized carbons (Fsp3) is 0.500. The first-order chi connectivity index (χ1) is 8.83. The lowest BCUT2D eigenvalue weighted by molar-refractivity contribution is -0.143. The molecule has 0 unspecified atom stereocenters. The predicted octanol–water partition coefficient (Wildman–Crippen LogP) is 1.73. The number of nitrogens with zero attached hydrogens (tertiary/aromatic N) is 2. The van der Waals surface area contributed by atoms with Crippen molar-refractivity contribution < 1.29 is 14.7 Å². The summed E-state index contributed by atoms with van der Waals surface area (Å²) in [4.78, 5) is 28.3. The molecular weight excluding hydrogens is 244 g/mol. The summed E-state index contributed by atoms with van der Waals surface area (Å²) in [5, 5.41) is 8.84. The summed E-state index contributed by atoms with van der Waals surface area (Å²) >= 11 is 0. The second kappa shape index (κ2) is 6.31. The minimum atomic E-state index is -0.906. The third-order valence-corrected chi connectivity index (χ3v) is 3.22. The van der Waals surface area contributed by atoms with Gasteiger partial charge >= 0.3 is 5.97 Å². The number of rotatable bonds is 6. The van der Waals surface area contributed by atoms with Crippen molar-refractivity contribution in [3.63, 3.8) is 0 Å². The zero-order valence-corrected chi connectivity index (χ0v) is 11.6. The standard InChI is InChI=1S/C14H20N2O3/c1-14(2,9-13(18)19)16(3)12(17)7-6-11-5-4-8-15-10-11/h4-5,8,10H,6-7,9H2,1-3H3,(H,18,19). The number of aryl methyl sites for hydroxylation is 1. The van der Waals surface area contributed by atoms with Gasteiger partial charge in [-0.15, -0.1) is 0 Å². The van der Waals surface area contributed by atoms with Gasteiger partial charge < -0.3 is 10.0 Å². The molecule has 0 radical (unpaired) electrons. The van der Waals surface area contributed by atoms with Crippen LogP contribution in [-0.4, -0.2) is 39.5 Å². The second-order valence-electron chi connectivity index (χ2n) is 5.20. The monoisotopic (exact) mass is 264 g/mol. The number of carboxylic acid groups (broad SMARTS) is 1. The largest absolute Gasteiger partial charge is 0.481 e. The highest BCUT2D eigenvalue weighted by Gasteiger charge is 2.29. The SMILES string of the molecule is CN(C(=O)CCc1cccnc1)C(C)(C)CC(=O)O. The number of carbonyl (C=O) groups excluding carboxylic acids is 1. The Morgan fingerprint density at radius 3 is 2.63 bits per heavy atom. The maximum Gasteiger partial charge on any atom is 0.305 e. The highest BCUT2D eigenvalue weighted by molar-refractivity contribution is 5.78. The zero-order chi connectivity index (χ0) is 14.5. The maximum absolute atomic E-state index is 12.1. The van der Waals surface area contributed by atoms with Crippen LogP contribution < -0.4 is 0 Å². The number of hydrogen-bond donors (Lipinski definition) is 1. The third-order valence-electron chi connectivity index (χ3n) is 3.22. The van der Waals surface area contributed by atoms with Crippen LogP contribution in [-0.2, 0) is 16.0 Å². The molecule has 5 heteroatoms. The molecule has 1 aromatic heterocycles. The number of carbonyl (C=O) groups is 2. The molecule has 0 saturated heterocycles. The van der Waals surface area contributed by atoms with Gasteiger partial charge in [0, 0.05) is 31.4 Å². The molecule has 1 heterocycles. The number of amides is 1. The fourth-order valence-electron chi connectivity index (χ4n) is 1.79. The summed E-state index contributed by atoms with van der Waals surface area (Å²) in [7, 11) is 1.65. The highest BCUT2D eigenvalue weighted by Crippen LogP contribution is 2.18. The van der Waals surface area contributed by atoms with Crippen LogP contribution in [0, 0.1) is 0 Å². The van der Waals surface area contributed by atoms with Gasteiger partial charge in [0.05, 0.1) is 6.42 Å². The summed E-state index contributed by atoms with van der Waals surface area (Å²) < 4.78 is 0. The molecule has 0 atom stereocenters. The van der Waals surface area contributed by atoms with E-state index in [4.69, 9.17) is 5.11 Å². The Morgan fingerprint density at radius 2 is 2.11 bits per heavy atom. The molecule has 1 N–H and O–H groups in total. The number of carboxylic acids is 1. The Morgan fingerprint density at radius 1 is 1.42 bits per heavy atom. The first-order valence-corrected chi connectivity index (χ1v) is 6.20. The van der Waals surface area contributed by atoms with Crippen molar-refractivity contribution in [3.8, 4) is 0 Å². The molecule has 0 bridgehead atoms. The van der Waals surface area contributed by atoms with Gasteiger partial charge in [-0.05, 0) is 31.9 Å². The lowest BCUT2D eigenvalue weighted by Gasteiger charge is -2.34. The first kappa shape index (κ1) is 15.1. The summed E-state index contributed by atoms with van der Waals surface area (Å²) in [6.45, 7) is 3.51. The van der Waals surface area contributed by atoms with Crippen molar-refractivity contribution in [2.45, 2.75) is 38.6 Å². The van der Waals surface area contributed by atoms with Crippen LogP contribution in [0.25, 0.3) is 0 Å². The molecule has 104 valence electrons. The van der Waals surface area contributed by atoms with E-state index >= 15 is 0 Å². The molecule has 1 amide bonds. The van der Waals surface area contributed by atoms with Crippen molar-refractivity contribution in [2.24, 2.45) is 0 Å². The van der Waals surface area contributed by atoms with Gasteiger partial charge in [0.25, 0.3) is 0 Å². The Bertz CT molecular complexity index is 443. The van der Waals surface area contributed by atoms with E-state index in [2.05, 4.69) is 4.98 Å². The Balaban J connectivity index is 2.55. The molecule has 0 saturated carbocycles. The number of aromatic nitrogens is 1. The number of aliphatic carboxylic acids is 1. The van der Waals surface area contributed by atoms with Gasteiger partial charge in [0.15, 0.2) is 0 Å². The van der Waals surface area contributed by atoms with Gasteiger partial charge in [-0.25, -0.2) is 0 Å². The Kier molecular flexibility index (Phi) is 5.03. The zero-order valence-electron chi connectivity index (χ0n) is 11.6. The van der Waals surface area contributed by atoms with Crippen molar-refractivity contribution in [1.29, 1.82) is 0 Å². The van der Waals surface area contributed by atoms with Gasteiger partial charge in [0.1, 0.15) is 0 Å². The molecule has 0 fully saturated rings. The molecule has 1 aromatic rings. The van der Waals surface area contributed by atoms with Gasteiger partial charge in [-0.3, -0.25) is 14.6 Å². The average molecular weight is 264 g/mol. The van der Waals surface area contributed by atoms with E-state index in [1.807, 2.05) is 12.1 Å². The lowest BCUT2D eigenvalue weighted by Crippen LogP contribution is -2.46. The Hall–Kier alpha value is -1.91. The van der Waals surface area contributed by atoms with E-state index in [0.717, 1.165) is 5.56 Å². The van der Waals surface area contributed by atoms with Crippen LogP contribution >= 0.6 is 0 Å². The van der Waals surface area contributed by atoms with Gasteiger partial charge in [0.2, 0.25) is 5.91 Å². The van der Waals surface area contributed by atoms with Crippen molar-refractivity contribution in [2.75, 3.05) is 7.05 Å². The van der Waals surface area contributed by atoms with Gasteiger partial charge in [-0.2, -0.15) is 0 Å². The molecule has 19 heavy (non-hydrogen) atoms. The number of hydrogen-bond acceptors (Lipinski definition) is 3. The van der Waals surface area contributed by atoms with E-state index in [9.17, 15) is 9.59 Å². The van der Waals surface area contributed by atoms with E-state index in [-0.39, 0.29) is 12.3 Å². The second-order valence-corrected chi connectivity index (χ2v) is 5.20. The topological polar surface area (TPSA) is 70.5 Å². The van der Waals surface area contributed by atoms with E-state index in [0.29, 0.717) is 12.8 Å². The van der Waals surface area contributed by atoms with Gasteiger partial charge in [-0.1, -0.05) is 6.07 Å². The van der Waals surface area contributed by atoms with Crippen molar-refractivity contribution in [3.05, 3.63) is 30.1 Å². The minimum absolute atomic E-state index is 0.0601. The Labute approximate surface area is 113 Å². The molecular formula is C14H20N2O3. The summed E-state index contributed by atoms with van der Waals surface area (Å²) in [5.74, 6) is -0.966. The van der Waals surface area contributed by atoms with Crippen LogP contribution in [0.3, 0.4) is 0 Å². The third kappa shape index (κ3) is 4.69. The molecule has 0 aliphatic rings.